The van der Waals surface area contributed by atoms with Crippen LogP contribution in [0.5, 0.6) is 0 Å². The maximum absolute atomic E-state index is 12.7. The molecule has 6 heteroatoms. The van der Waals surface area contributed by atoms with Crippen LogP contribution in [0.2, 0.25) is 0 Å². The highest BCUT2D eigenvalue weighted by atomic mass is 32.2. The predicted octanol–water partition coefficient (Wildman–Crippen LogP) is 4.15. The van der Waals surface area contributed by atoms with Crippen molar-refractivity contribution in [1.82, 2.24) is 9.55 Å². The second-order valence-corrected chi connectivity index (χ2v) is 7.89. The first kappa shape index (κ1) is 19.2. The molecule has 0 aliphatic rings. The van der Waals surface area contributed by atoms with Gasteiger partial charge < -0.3 is 5.32 Å². The number of benzene rings is 2. The van der Waals surface area contributed by atoms with Gasteiger partial charge in [0.05, 0.1) is 16.2 Å². The number of carbonyl (C=O) groups is 1. The summed E-state index contributed by atoms with van der Waals surface area (Å²) in [6.07, 6.45) is 0. The summed E-state index contributed by atoms with van der Waals surface area (Å²) >= 11 is 1.30. The summed E-state index contributed by atoms with van der Waals surface area (Å²) in [5.74, 6) is -0.116. The number of thioether (sulfide) groups is 1. The molecule has 0 aliphatic carbocycles. The van der Waals surface area contributed by atoms with Crippen LogP contribution in [0.4, 0.5) is 5.69 Å². The maximum atomic E-state index is 12.7. The number of nitrogens with one attached hydrogen (secondary N) is 1. The third-order valence-corrected chi connectivity index (χ3v) is 5.37. The summed E-state index contributed by atoms with van der Waals surface area (Å²) in [5, 5.41) is 3.72. The molecule has 1 unspecified atom stereocenters. The Balaban J connectivity index is 1.85. The third kappa shape index (κ3) is 4.22. The average Bonchev–Trinajstić information content (AvgIpc) is 2.61. The number of aromatic nitrogens is 2. The number of carbonyl (C=O) groups excluding carboxylic acids is 1. The second-order valence-electron chi connectivity index (χ2n) is 6.59. The highest BCUT2D eigenvalue weighted by molar-refractivity contribution is 8.00. The Morgan fingerprint density at radius 2 is 1.85 bits per heavy atom. The van der Waals surface area contributed by atoms with Crippen molar-refractivity contribution in [2.24, 2.45) is 0 Å². The number of para-hydroxylation sites is 1. The van der Waals surface area contributed by atoms with Gasteiger partial charge >= 0.3 is 0 Å². The number of aryl methyl sites for hydroxylation is 2. The lowest BCUT2D eigenvalue weighted by atomic mass is 10.1. The lowest BCUT2D eigenvalue weighted by Crippen LogP contribution is -2.26. The molecule has 1 amide bonds. The van der Waals surface area contributed by atoms with Crippen molar-refractivity contribution in [2.45, 2.75) is 44.6 Å². The van der Waals surface area contributed by atoms with Gasteiger partial charge in [-0.05, 0) is 63.1 Å². The van der Waals surface area contributed by atoms with E-state index in [2.05, 4.69) is 16.4 Å². The number of fused-ring (bicyclic) bond motifs is 1. The largest absolute Gasteiger partial charge is 0.325 e. The summed E-state index contributed by atoms with van der Waals surface area (Å²) in [6.45, 7) is 8.23. The van der Waals surface area contributed by atoms with Crippen molar-refractivity contribution in [1.29, 1.82) is 0 Å². The van der Waals surface area contributed by atoms with Crippen LogP contribution >= 0.6 is 11.8 Å². The quantitative estimate of drug-likeness (QED) is 0.533. The first-order valence-corrected chi connectivity index (χ1v) is 9.82. The summed E-state index contributed by atoms with van der Waals surface area (Å²) < 4.78 is 1.62. The Bertz CT molecular complexity index is 1040. The summed E-state index contributed by atoms with van der Waals surface area (Å²) in [4.78, 5) is 30.0. The smallest absolute Gasteiger partial charge is 0.262 e. The van der Waals surface area contributed by atoms with E-state index in [0.29, 0.717) is 22.6 Å². The Labute approximate surface area is 162 Å². The fraction of sp³-hybridized carbons (Fsp3) is 0.286. The molecule has 0 bridgehead atoms. The molecule has 1 N–H and O–H groups in total. The molecule has 27 heavy (non-hydrogen) atoms. The number of nitrogens with zero attached hydrogens (tertiary/aromatic N) is 2. The van der Waals surface area contributed by atoms with Crippen LogP contribution in [-0.4, -0.2) is 20.7 Å². The molecule has 1 atom stereocenters. The first-order chi connectivity index (χ1) is 12.9. The van der Waals surface area contributed by atoms with Gasteiger partial charge in [0.15, 0.2) is 5.16 Å². The van der Waals surface area contributed by atoms with Crippen molar-refractivity contribution in [3.63, 3.8) is 0 Å². The minimum atomic E-state index is -0.392. The molecule has 1 aromatic heterocycles. The molecule has 3 aromatic rings. The number of hydrogen-bond acceptors (Lipinski definition) is 4. The molecule has 0 aliphatic heterocycles. The zero-order chi connectivity index (χ0) is 19.6. The van der Waals surface area contributed by atoms with Crippen LogP contribution in [-0.2, 0) is 11.3 Å². The molecule has 3 rings (SSSR count). The third-order valence-electron chi connectivity index (χ3n) is 4.28. The van der Waals surface area contributed by atoms with Crippen molar-refractivity contribution < 1.29 is 4.79 Å². The first-order valence-electron chi connectivity index (χ1n) is 8.94. The summed E-state index contributed by atoms with van der Waals surface area (Å²) in [7, 11) is 0. The second kappa shape index (κ2) is 7.96. The van der Waals surface area contributed by atoms with Crippen molar-refractivity contribution in [3.05, 3.63) is 63.9 Å². The van der Waals surface area contributed by atoms with Gasteiger partial charge in [-0.15, -0.1) is 0 Å². The van der Waals surface area contributed by atoms with E-state index in [9.17, 15) is 9.59 Å². The highest BCUT2D eigenvalue weighted by Crippen LogP contribution is 2.24. The fourth-order valence-corrected chi connectivity index (χ4v) is 3.99. The summed E-state index contributed by atoms with van der Waals surface area (Å²) in [6, 6.07) is 13.2. The monoisotopic (exact) mass is 381 g/mol. The van der Waals surface area contributed by atoms with E-state index in [-0.39, 0.29) is 11.5 Å². The van der Waals surface area contributed by atoms with Gasteiger partial charge in [0.2, 0.25) is 5.91 Å². The number of hydrogen-bond donors (Lipinski definition) is 1. The minimum absolute atomic E-state index is 0.0764. The van der Waals surface area contributed by atoms with Crippen LogP contribution in [0.1, 0.15) is 25.0 Å². The predicted molar refractivity (Wildman–Crippen MR) is 112 cm³/mol. The molecular formula is C21H23N3O2S. The van der Waals surface area contributed by atoms with Crippen molar-refractivity contribution in [2.75, 3.05) is 5.32 Å². The van der Waals surface area contributed by atoms with Crippen LogP contribution in [0.3, 0.4) is 0 Å². The molecule has 140 valence electrons. The van der Waals surface area contributed by atoms with Gasteiger partial charge in [-0.1, -0.05) is 30.0 Å². The Morgan fingerprint density at radius 3 is 2.52 bits per heavy atom. The van der Waals surface area contributed by atoms with Gasteiger partial charge in [-0.3, -0.25) is 14.2 Å². The maximum Gasteiger partial charge on any atom is 0.262 e. The number of amides is 1. The lowest BCUT2D eigenvalue weighted by molar-refractivity contribution is -0.115. The van der Waals surface area contributed by atoms with Crippen molar-refractivity contribution in [3.8, 4) is 0 Å². The zero-order valence-corrected chi connectivity index (χ0v) is 16.8. The standard InChI is InChI=1S/C21H23N3O2S/c1-5-24-20(26)17-8-6-7-9-18(17)23-21(24)27-15(4)19(25)22-16-11-13(2)10-14(3)12-16/h6-12,15H,5H2,1-4H3,(H,22,25). The van der Waals surface area contributed by atoms with Gasteiger partial charge in [0.25, 0.3) is 5.56 Å². The van der Waals surface area contributed by atoms with Gasteiger partial charge in [-0.25, -0.2) is 4.98 Å². The van der Waals surface area contributed by atoms with E-state index in [1.807, 2.05) is 58.0 Å². The Kier molecular flexibility index (Phi) is 5.65. The van der Waals surface area contributed by atoms with Gasteiger partial charge in [0.1, 0.15) is 0 Å². The fourth-order valence-electron chi connectivity index (χ4n) is 3.02. The van der Waals surface area contributed by atoms with Crippen LogP contribution in [0, 0.1) is 13.8 Å². The topological polar surface area (TPSA) is 64.0 Å². The molecule has 0 radical (unpaired) electrons. The minimum Gasteiger partial charge on any atom is -0.325 e. The van der Waals surface area contributed by atoms with E-state index < -0.39 is 5.25 Å². The summed E-state index contributed by atoms with van der Waals surface area (Å²) in [5.41, 5.74) is 3.55. The van der Waals surface area contributed by atoms with Crippen LogP contribution in [0.25, 0.3) is 10.9 Å². The highest BCUT2D eigenvalue weighted by Gasteiger charge is 2.19. The van der Waals surface area contributed by atoms with E-state index in [4.69, 9.17) is 0 Å². The molecule has 1 heterocycles. The molecule has 0 saturated heterocycles. The van der Waals surface area contributed by atoms with Crippen molar-refractivity contribution >= 4 is 34.3 Å². The van der Waals surface area contributed by atoms with Gasteiger partial charge in [0, 0.05) is 12.2 Å². The average molecular weight is 382 g/mol. The van der Waals surface area contributed by atoms with E-state index in [1.165, 1.54) is 11.8 Å². The molecule has 5 nitrogen and oxygen atoms in total. The lowest BCUT2D eigenvalue weighted by Gasteiger charge is -2.16. The van der Waals surface area contributed by atoms with E-state index in [1.54, 1.807) is 10.6 Å². The SMILES string of the molecule is CCn1c(SC(C)C(=O)Nc2cc(C)cc(C)c2)nc2ccccc2c1=O. The molecular weight excluding hydrogens is 358 g/mol. The molecule has 2 aromatic carbocycles. The normalized spacial score (nSPS) is 12.1. The Morgan fingerprint density at radius 1 is 1.19 bits per heavy atom. The van der Waals surface area contributed by atoms with Crippen LogP contribution in [0.15, 0.2) is 52.4 Å². The van der Waals surface area contributed by atoms with Crippen LogP contribution < -0.4 is 10.9 Å². The molecule has 0 fully saturated rings. The number of rotatable bonds is 5. The van der Waals surface area contributed by atoms with E-state index in [0.717, 1.165) is 16.8 Å². The number of anilines is 1. The molecule has 0 spiro atoms. The van der Waals surface area contributed by atoms with Gasteiger partial charge in [-0.2, -0.15) is 0 Å². The zero-order valence-electron chi connectivity index (χ0n) is 15.9. The Hall–Kier alpha value is -2.60. The van der Waals surface area contributed by atoms with E-state index >= 15 is 0 Å². The molecule has 0 saturated carbocycles.